The monoisotopic (exact) mass is 497 g/mol. The molecular formula is C29H23NO7. The van der Waals surface area contributed by atoms with Crippen LogP contribution in [0.15, 0.2) is 70.8 Å². The highest BCUT2D eigenvalue weighted by molar-refractivity contribution is 6.24. The number of likely N-dealkylation sites (tertiary alicyclic amines) is 1. The van der Waals surface area contributed by atoms with Crippen LogP contribution >= 0.6 is 0 Å². The molecule has 4 unspecified atom stereocenters. The van der Waals surface area contributed by atoms with Crippen LogP contribution < -0.4 is 0 Å². The highest BCUT2D eigenvalue weighted by Crippen LogP contribution is 2.57. The third-order valence-corrected chi connectivity index (χ3v) is 8.16. The van der Waals surface area contributed by atoms with Crippen molar-refractivity contribution in [2.24, 2.45) is 17.8 Å². The molecule has 1 heterocycles. The minimum Gasteiger partial charge on any atom is -0.508 e. The van der Waals surface area contributed by atoms with Crippen molar-refractivity contribution >= 4 is 40.2 Å². The summed E-state index contributed by atoms with van der Waals surface area (Å²) in [6, 6.07) is 10.8. The van der Waals surface area contributed by atoms with E-state index in [0.717, 1.165) is 17.9 Å². The normalized spacial score (nSPS) is 27.0. The second-order valence-corrected chi connectivity index (χ2v) is 9.93. The van der Waals surface area contributed by atoms with Gasteiger partial charge in [-0.15, -0.1) is 0 Å². The Balaban J connectivity index is 1.60. The lowest BCUT2D eigenvalue weighted by Gasteiger charge is -2.42. The van der Waals surface area contributed by atoms with E-state index in [1.807, 2.05) is 30.3 Å². The lowest BCUT2D eigenvalue weighted by Crippen LogP contribution is -2.40. The van der Waals surface area contributed by atoms with E-state index in [-0.39, 0.29) is 35.7 Å². The number of methoxy groups -OCH3 is 1. The Morgan fingerprint density at radius 3 is 2.54 bits per heavy atom. The molecule has 0 saturated carbocycles. The molecular weight excluding hydrogens is 474 g/mol. The second kappa shape index (κ2) is 8.09. The summed E-state index contributed by atoms with van der Waals surface area (Å²) in [5.41, 5.74) is 2.09. The zero-order chi connectivity index (χ0) is 26.2. The molecule has 3 amide bonds. The third kappa shape index (κ3) is 3.11. The molecule has 1 aliphatic heterocycles. The van der Waals surface area contributed by atoms with Gasteiger partial charge >= 0.3 is 6.09 Å². The first-order chi connectivity index (χ1) is 17.7. The van der Waals surface area contributed by atoms with Gasteiger partial charge < -0.3 is 9.84 Å². The molecule has 0 radical (unpaired) electrons. The first-order valence-electron chi connectivity index (χ1n) is 12.1. The average Bonchev–Trinajstić information content (AvgIpc) is 3.15. The van der Waals surface area contributed by atoms with Crippen molar-refractivity contribution in [1.29, 1.82) is 0 Å². The molecule has 186 valence electrons. The molecule has 1 fully saturated rings. The summed E-state index contributed by atoms with van der Waals surface area (Å²) in [5, 5.41) is 12.7. The summed E-state index contributed by atoms with van der Waals surface area (Å²) in [6.45, 7) is 1.59. The Morgan fingerprint density at radius 1 is 1.03 bits per heavy atom. The SMILES string of the molecule is COC(=O)N1C(=O)C2CC=C3C(c4c(O)ccc5ccccc45)C4=C(CC3C2C1=O)C(=O)C=C(C)C4=O. The van der Waals surface area contributed by atoms with Gasteiger partial charge in [0.2, 0.25) is 11.8 Å². The Kier molecular flexibility index (Phi) is 5.05. The number of fused-ring (bicyclic) bond motifs is 4. The van der Waals surface area contributed by atoms with E-state index < -0.39 is 41.6 Å². The number of amides is 3. The zero-order valence-corrected chi connectivity index (χ0v) is 20.2. The van der Waals surface area contributed by atoms with Crippen molar-refractivity contribution in [3.63, 3.8) is 0 Å². The molecule has 37 heavy (non-hydrogen) atoms. The number of imide groups is 3. The Hall–Kier alpha value is -4.33. The minimum absolute atomic E-state index is 0.0308. The molecule has 0 aromatic heterocycles. The van der Waals surface area contributed by atoms with Gasteiger partial charge in [-0.2, -0.15) is 4.90 Å². The highest BCUT2D eigenvalue weighted by Gasteiger charge is 2.58. The fourth-order valence-electron chi connectivity index (χ4n) is 6.55. The van der Waals surface area contributed by atoms with Gasteiger partial charge in [-0.1, -0.05) is 42.0 Å². The topological polar surface area (TPSA) is 118 Å². The summed E-state index contributed by atoms with van der Waals surface area (Å²) < 4.78 is 4.68. The van der Waals surface area contributed by atoms with E-state index in [1.165, 1.54) is 6.08 Å². The van der Waals surface area contributed by atoms with E-state index in [9.17, 15) is 29.1 Å². The van der Waals surface area contributed by atoms with Gasteiger partial charge in [-0.3, -0.25) is 19.2 Å². The third-order valence-electron chi connectivity index (χ3n) is 8.16. The van der Waals surface area contributed by atoms with Crippen molar-refractivity contribution in [2.75, 3.05) is 7.11 Å². The summed E-state index contributed by atoms with van der Waals surface area (Å²) in [6.07, 6.45) is 2.40. The number of benzene rings is 2. The summed E-state index contributed by atoms with van der Waals surface area (Å²) >= 11 is 0. The number of phenolic OH excluding ortho intramolecular Hbond substituents is 1. The number of phenols is 1. The zero-order valence-electron chi connectivity index (χ0n) is 20.2. The summed E-state index contributed by atoms with van der Waals surface area (Å²) in [5.74, 6) is -4.95. The average molecular weight is 498 g/mol. The van der Waals surface area contributed by atoms with Gasteiger partial charge in [-0.25, -0.2) is 4.79 Å². The maximum Gasteiger partial charge on any atom is 0.423 e. The number of Topliss-reactive ketones (excluding diaryl/α,β-unsaturated/α-hetero) is 1. The number of nitrogens with zero attached hydrogens (tertiary/aromatic N) is 1. The predicted molar refractivity (Wildman–Crippen MR) is 131 cm³/mol. The van der Waals surface area contributed by atoms with Gasteiger partial charge in [0, 0.05) is 28.2 Å². The van der Waals surface area contributed by atoms with Crippen molar-refractivity contribution in [3.05, 3.63) is 76.4 Å². The maximum atomic E-state index is 13.6. The van der Waals surface area contributed by atoms with Crippen molar-refractivity contribution in [2.45, 2.75) is 25.7 Å². The Labute approximate surface area is 211 Å². The lowest BCUT2D eigenvalue weighted by atomic mass is 9.59. The van der Waals surface area contributed by atoms with Crippen molar-refractivity contribution in [1.82, 2.24) is 4.90 Å². The number of ether oxygens (including phenoxy) is 1. The van der Waals surface area contributed by atoms with Crippen molar-refractivity contribution < 1.29 is 33.8 Å². The lowest BCUT2D eigenvalue weighted by molar-refractivity contribution is -0.137. The van der Waals surface area contributed by atoms with Crippen LogP contribution in [0.4, 0.5) is 4.79 Å². The molecule has 8 heteroatoms. The number of aromatic hydroxyl groups is 1. The van der Waals surface area contributed by atoms with Crippen LogP contribution in [0.25, 0.3) is 10.8 Å². The van der Waals surface area contributed by atoms with Crippen LogP contribution in [0.5, 0.6) is 5.75 Å². The van der Waals surface area contributed by atoms with E-state index in [1.54, 1.807) is 19.1 Å². The molecule has 1 saturated heterocycles. The van der Waals surface area contributed by atoms with Gasteiger partial charge in [0.15, 0.2) is 11.6 Å². The summed E-state index contributed by atoms with van der Waals surface area (Å²) in [4.78, 5) is 66.1. The number of ketones is 2. The second-order valence-electron chi connectivity index (χ2n) is 9.93. The standard InChI is InChI=1S/C29H23NO7/c1-13-11-21(32)19-12-18-16(8-9-17-22(18)28(35)30(27(17)34)29(36)37-2)24(25(19)26(13)33)23-15-6-4-3-5-14(15)7-10-20(23)31/h3-8,10-11,17-18,22,24,31H,9,12H2,1-2H3. The van der Waals surface area contributed by atoms with Crippen LogP contribution in [0.1, 0.15) is 31.2 Å². The number of hydrogen-bond donors (Lipinski definition) is 1. The summed E-state index contributed by atoms with van der Waals surface area (Å²) in [7, 11) is 1.10. The van der Waals surface area contributed by atoms with Gasteiger partial charge in [0.25, 0.3) is 0 Å². The fourth-order valence-corrected chi connectivity index (χ4v) is 6.55. The minimum atomic E-state index is -1.03. The fraction of sp³-hybridized carbons (Fsp3) is 0.276. The quantitative estimate of drug-likeness (QED) is 0.362. The van der Waals surface area contributed by atoms with Crippen molar-refractivity contribution in [3.8, 4) is 5.75 Å². The molecule has 2 aromatic rings. The molecule has 6 rings (SSSR count). The Bertz CT molecular complexity index is 1560. The van der Waals surface area contributed by atoms with E-state index >= 15 is 0 Å². The molecule has 0 bridgehead atoms. The number of allylic oxidation sites excluding steroid dienone is 6. The number of hydrogen-bond acceptors (Lipinski definition) is 7. The molecule has 4 aliphatic rings. The van der Waals surface area contributed by atoms with Gasteiger partial charge in [0.05, 0.1) is 18.9 Å². The van der Waals surface area contributed by atoms with E-state index in [4.69, 9.17) is 0 Å². The van der Waals surface area contributed by atoms with Crippen LogP contribution in [-0.4, -0.2) is 46.6 Å². The molecule has 4 atom stereocenters. The van der Waals surface area contributed by atoms with Gasteiger partial charge in [-0.05, 0) is 48.6 Å². The smallest absolute Gasteiger partial charge is 0.423 e. The molecule has 2 aromatic carbocycles. The largest absolute Gasteiger partial charge is 0.508 e. The molecule has 3 aliphatic carbocycles. The number of carbonyl (C=O) groups is 5. The van der Waals surface area contributed by atoms with Crippen LogP contribution in [0.2, 0.25) is 0 Å². The van der Waals surface area contributed by atoms with Crippen LogP contribution in [0.3, 0.4) is 0 Å². The highest BCUT2D eigenvalue weighted by atomic mass is 16.5. The number of rotatable bonds is 1. The van der Waals surface area contributed by atoms with Gasteiger partial charge in [0.1, 0.15) is 5.75 Å². The number of carbonyl (C=O) groups excluding carboxylic acids is 5. The molecule has 1 N–H and O–H groups in total. The first kappa shape index (κ1) is 23.1. The van der Waals surface area contributed by atoms with Crippen LogP contribution in [0, 0.1) is 17.8 Å². The van der Waals surface area contributed by atoms with E-state index in [0.29, 0.717) is 27.2 Å². The molecule has 0 spiro atoms. The Morgan fingerprint density at radius 2 is 1.78 bits per heavy atom. The van der Waals surface area contributed by atoms with E-state index in [2.05, 4.69) is 4.74 Å². The predicted octanol–water partition coefficient (Wildman–Crippen LogP) is 3.74. The van der Waals surface area contributed by atoms with Crippen LogP contribution in [-0.2, 0) is 23.9 Å². The first-order valence-corrected chi connectivity index (χ1v) is 12.1. The molecule has 8 nitrogen and oxygen atoms in total. The maximum absolute atomic E-state index is 13.6.